The van der Waals surface area contributed by atoms with E-state index in [2.05, 4.69) is 4.98 Å². The Bertz CT molecular complexity index is 617. The first-order valence-electron chi connectivity index (χ1n) is 7.09. The molecule has 0 aromatic carbocycles. The summed E-state index contributed by atoms with van der Waals surface area (Å²) in [5.41, 5.74) is -1.08. The molecule has 0 amide bonds. The Balaban J connectivity index is 3.15. The molecule has 2 N–H and O–H groups in total. The van der Waals surface area contributed by atoms with E-state index in [1.54, 1.807) is 6.92 Å². The van der Waals surface area contributed by atoms with Gasteiger partial charge >= 0.3 is 0 Å². The minimum Gasteiger partial charge on any atom is -0.503 e. The van der Waals surface area contributed by atoms with Crippen molar-refractivity contribution in [3.8, 4) is 17.4 Å². The smallest absolute Gasteiger partial charge is 0.265 e. The molecule has 0 fully saturated rings. The number of aromatic amines is 1. The van der Waals surface area contributed by atoms with Gasteiger partial charge in [-0.1, -0.05) is 13.8 Å². The fourth-order valence-electron chi connectivity index (χ4n) is 2.32. The van der Waals surface area contributed by atoms with Gasteiger partial charge in [0.1, 0.15) is 5.56 Å². The number of aromatic hydroxyl groups is 1. The van der Waals surface area contributed by atoms with Crippen molar-refractivity contribution in [2.24, 2.45) is 11.8 Å². The van der Waals surface area contributed by atoms with E-state index < -0.39 is 23.0 Å². The summed E-state index contributed by atoms with van der Waals surface area (Å²) in [7, 11) is 2.61. The number of pyridine rings is 1. The number of carbonyl (C=O) groups is 1. The van der Waals surface area contributed by atoms with Crippen LogP contribution in [0.5, 0.6) is 17.4 Å². The number of rotatable bonds is 8. The van der Waals surface area contributed by atoms with Crippen LogP contribution in [0.4, 0.5) is 0 Å². The van der Waals surface area contributed by atoms with Crippen LogP contribution < -0.4 is 15.0 Å². The molecule has 1 rings (SSSR count). The normalized spacial score (nSPS) is 14.9. The maximum absolute atomic E-state index is 12.5. The zero-order valence-corrected chi connectivity index (χ0v) is 15.0. The number of hydrogen-bond acceptors (Lipinski definition) is 5. The number of nitrogens with one attached hydrogen (secondary N) is 1. The van der Waals surface area contributed by atoms with Crippen molar-refractivity contribution in [2.75, 3.05) is 20.1 Å². The van der Waals surface area contributed by atoms with E-state index in [0.717, 1.165) is 0 Å². The summed E-state index contributed by atoms with van der Waals surface area (Å²) in [5, 5.41) is 9.92. The Kier molecular flexibility index (Phi) is 7.22. The highest BCUT2D eigenvalue weighted by molar-refractivity contribution is 6.28. The maximum atomic E-state index is 12.5. The SMILES string of the molecule is COc1[nH]c(=O)c(C(=O)[C@H](C)C[C@H](C)[C@H](Cl)CCl)c(O)c1OC. The van der Waals surface area contributed by atoms with Crippen molar-refractivity contribution in [2.45, 2.75) is 25.6 Å². The van der Waals surface area contributed by atoms with E-state index in [9.17, 15) is 14.7 Å². The van der Waals surface area contributed by atoms with E-state index in [1.165, 1.54) is 14.2 Å². The molecule has 0 spiro atoms. The van der Waals surface area contributed by atoms with Crippen LogP contribution >= 0.6 is 23.2 Å². The average molecular weight is 366 g/mol. The first kappa shape index (κ1) is 19.6. The number of Topliss-reactive ketones (excluding diaryl/α,β-unsaturated/α-hetero) is 1. The number of ether oxygens (including phenoxy) is 2. The van der Waals surface area contributed by atoms with Gasteiger partial charge < -0.3 is 14.6 Å². The van der Waals surface area contributed by atoms with Gasteiger partial charge in [0.25, 0.3) is 5.56 Å². The van der Waals surface area contributed by atoms with Crippen LogP contribution in [0.1, 0.15) is 30.6 Å². The zero-order chi connectivity index (χ0) is 17.7. The van der Waals surface area contributed by atoms with Crippen molar-refractivity contribution in [3.63, 3.8) is 0 Å². The molecule has 0 aliphatic rings. The third-order valence-corrected chi connectivity index (χ3v) is 4.78. The molecular formula is C15H21Cl2NO5. The summed E-state index contributed by atoms with van der Waals surface area (Å²) in [6.45, 7) is 3.55. The van der Waals surface area contributed by atoms with Gasteiger partial charge in [-0.05, 0) is 12.3 Å². The fraction of sp³-hybridized carbons (Fsp3) is 0.600. The number of carbonyl (C=O) groups excluding carboxylic acids is 1. The Morgan fingerprint density at radius 2 is 1.91 bits per heavy atom. The number of halogens is 2. The van der Waals surface area contributed by atoms with Gasteiger partial charge in [-0.25, -0.2) is 0 Å². The third-order valence-electron chi connectivity index (χ3n) is 3.70. The second kappa shape index (κ2) is 8.45. The molecule has 0 aliphatic carbocycles. The molecule has 0 radical (unpaired) electrons. The number of methoxy groups -OCH3 is 2. The van der Waals surface area contributed by atoms with Gasteiger partial charge in [-0.3, -0.25) is 14.6 Å². The molecular weight excluding hydrogens is 345 g/mol. The molecule has 130 valence electrons. The minimum atomic E-state index is -0.732. The minimum absolute atomic E-state index is 0.0190. The van der Waals surface area contributed by atoms with Crippen LogP contribution in [0.25, 0.3) is 0 Å². The molecule has 1 heterocycles. The van der Waals surface area contributed by atoms with Gasteiger partial charge in [0, 0.05) is 17.2 Å². The summed E-state index contributed by atoms with van der Waals surface area (Å²) in [6, 6.07) is 0. The Hall–Kier alpha value is -1.40. The molecule has 3 atom stereocenters. The lowest BCUT2D eigenvalue weighted by Crippen LogP contribution is -2.26. The molecule has 0 bridgehead atoms. The summed E-state index contributed by atoms with van der Waals surface area (Å²) in [5.74, 6) is -1.42. The standard InChI is InChI=1S/C15H21Cl2NO5/c1-7(9(17)6-16)5-8(2)11(19)10-12(20)13(22-3)15(23-4)18-14(10)21/h7-9H,5-6H2,1-4H3,(H2,18,20,21)/t7-,8+,9+/m0/s1. The van der Waals surface area contributed by atoms with E-state index >= 15 is 0 Å². The van der Waals surface area contributed by atoms with Crippen LogP contribution in [-0.4, -0.2) is 41.4 Å². The van der Waals surface area contributed by atoms with Gasteiger partial charge in [-0.2, -0.15) is 0 Å². The summed E-state index contributed by atoms with van der Waals surface area (Å²) >= 11 is 11.8. The monoisotopic (exact) mass is 365 g/mol. The number of hydrogen-bond donors (Lipinski definition) is 2. The summed E-state index contributed by atoms with van der Waals surface area (Å²) in [4.78, 5) is 27.0. The Labute approximate surface area is 144 Å². The van der Waals surface area contributed by atoms with Gasteiger partial charge in [0.05, 0.1) is 14.2 Å². The molecule has 23 heavy (non-hydrogen) atoms. The molecule has 0 saturated heterocycles. The van der Waals surface area contributed by atoms with Crippen LogP contribution in [0, 0.1) is 11.8 Å². The number of alkyl halides is 2. The van der Waals surface area contributed by atoms with Crippen LogP contribution in [0.3, 0.4) is 0 Å². The predicted octanol–water partition coefficient (Wildman–Crippen LogP) is 2.79. The number of aromatic nitrogens is 1. The van der Waals surface area contributed by atoms with E-state index in [0.29, 0.717) is 6.42 Å². The Morgan fingerprint density at radius 1 is 1.30 bits per heavy atom. The highest BCUT2D eigenvalue weighted by Gasteiger charge is 2.29. The van der Waals surface area contributed by atoms with Crippen molar-refractivity contribution in [3.05, 3.63) is 15.9 Å². The second-order valence-electron chi connectivity index (χ2n) is 5.39. The van der Waals surface area contributed by atoms with Gasteiger partial charge in [0.15, 0.2) is 11.5 Å². The first-order chi connectivity index (χ1) is 10.8. The molecule has 8 heteroatoms. The summed E-state index contributed by atoms with van der Waals surface area (Å²) < 4.78 is 9.91. The van der Waals surface area contributed by atoms with Gasteiger partial charge in [0.2, 0.25) is 11.6 Å². The average Bonchev–Trinajstić information content (AvgIpc) is 2.52. The van der Waals surface area contributed by atoms with E-state index in [-0.39, 0.29) is 34.4 Å². The molecule has 1 aromatic rings. The topological polar surface area (TPSA) is 88.6 Å². The Morgan fingerprint density at radius 3 is 2.39 bits per heavy atom. The molecule has 0 unspecified atom stereocenters. The van der Waals surface area contributed by atoms with Crippen molar-refractivity contribution in [1.29, 1.82) is 0 Å². The van der Waals surface area contributed by atoms with Crippen molar-refractivity contribution < 1.29 is 19.4 Å². The maximum Gasteiger partial charge on any atom is 0.265 e. The van der Waals surface area contributed by atoms with E-state index in [1.807, 2.05) is 6.92 Å². The molecule has 6 nitrogen and oxygen atoms in total. The zero-order valence-electron chi connectivity index (χ0n) is 13.5. The number of H-pyrrole nitrogens is 1. The summed E-state index contributed by atoms with van der Waals surface area (Å²) in [6.07, 6.45) is 0.437. The van der Waals surface area contributed by atoms with Crippen LogP contribution in [-0.2, 0) is 0 Å². The van der Waals surface area contributed by atoms with Crippen LogP contribution in [0.15, 0.2) is 4.79 Å². The second-order valence-corrected chi connectivity index (χ2v) is 6.26. The lowest BCUT2D eigenvalue weighted by atomic mass is 9.89. The predicted molar refractivity (Wildman–Crippen MR) is 89.5 cm³/mol. The third kappa shape index (κ3) is 4.32. The largest absolute Gasteiger partial charge is 0.503 e. The van der Waals surface area contributed by atoms with Crippen LogP contribution in [0.2, 0.25) is 0 Å². The fourth-order valence-corrected chi connectivity index (χ4v) is 2.73. The lowest BCUT2D eigenvalue weighted by Gasteiger charge is -2.20. The first-order valence-corrected chi connectivity index (χ1v) is 8.06. The van der Waals surface area contributed by atoms with E-state index in [4.69, 9.17) is 32.7 Å². The van der Waals surface area contributed by atoms with Gasteiger partial charge in [-0.15, -0.1) is 23.2 Å². The lowest BCUT2D eigenvalue weighted by molar-refractivity contribution is 0.0908. The van der Waals surface area contributed by atoms with Crippen molar-refractivity contribution in [1.82, 2.24) is 4.98 Å². The quantitative estimate of drug-likeness (QED) is 0.546. The highest BCUT2D eigenvalue weighted by Crippen LogP contribution is 2.36. The van der Waals surface area contributed by atoms with Crippen molar-refractivity contribution >= 4 is 29.0 Å². The molecule has 0 saturated carbocycles. The molecule has 1 aromatic heterocycles. The number of ketones is 1. The highest BCUT2D eigenvalue weighted by atomic mass is 35.5. The molecule has 0 aliphatic heterocycles.